The zero-order valence-electron chi connectivity index (χ0n) is 81.8. The summed E-state index contributed by atoms with van der Waals surface area (Å²) in [5.41, 5.74) is 28.6. The Labute approximate surface area is 831 Å². The number of rotatable bonds is 20. The number of para-hydroxylation sites is 1. The van der Waals surface area contributed by atoms with Crippen LogP contribution in [0.2, 0.25) is 0 Å². The summed E-state index contributed by atoms with van der Waals surface area (Å²) in [4.78, 5) is 55.9. The van der Waals surface area contributed by atoms with Gasteiger partial charge in [-0.1, -0.05) is 206 Å². The van der Waals surface area contributed by atoms with Crippen molar-refractivity contribution in [1.82, 2.24) is 29.9 Å². The SMILES string of the molecule is COc1cccc(C2=NCc3ccnc(NC4CCCCC4)c32)c1.Cc1ccc(C2=NCc3ccnc(NC4CCCCC4)c32)cc1.Cc1cccc(C2=NCc3ccnc(NC4CCCCC4)c32)c1.FC(F)(F)Oc1ccccc1C1=NCc2ccnc(NC3CCCCC3)c21.N#Cc1cccc(C2=NCc3ccnc(NC4CCCCC4)c32)c1.c1cc2c(c(NC3CCCCC3)n1)C(c1ccoc1)=NC2. The Morgan fingerprint density at radius 3 is 0.972 bits per heavy atom. The molecule has 24 rings (SSSR count). The number of nitrogens with one attached hydrogen (secondary N) is 6. The summed E-state index contributed by atoms with van der Waals surface area (Å²) in [6, 6.07) is 58.6. The minimum atomic E-state index is -4.75. The molecule has 0 saturated heterocycles. The molecule has 22 nitrogen and oxygen atoms in total. The van der Waals surface area contributed by atoms with E-state index in [2.05, 4.69) is 175 Å². The Hall–Kier alpha value is -14.0. The summed E-state index contributed by atoms with van der Waals surface area (Å²) in [7, 11) is 1.70. The first-order valence-corrected chi connectivity index (χ1v) is 51.7. The number of nitrogens with zero attached hydrogens (tertiary/aromatic N) is 13. The highest BCUT2D eigenvalue weighted by Crippen LogP contribution is 2.41. The van der Waals surface area contributed by atoms with E-state index in [0.29, 0.717) is 72.0 Å². The molecular formula is C117H128F3N19O3. The maximum absolute atomic E-state index is 12.8. The molecule has 0 bridgehead atoms. The summed E-state index contributed by atoms with van der Waals surface area (Å²) in [6.45, 7) is 8.34. The van der Waals surface area contributed by atoms with Crippen molar-refractivity contribution in [3.8, 4) is 17.6 Å². The van der Waals surface area contributed by atoms with Crippen LogP contribution in [0.5, 0.6) is 11.5 Å². The molecular weight excluding hydrogens is 1780 g/mol. The van der Waals surface area contributed by atoms with E-state index in [1.54, 1.807) is 38.0 Å². The van der Waals surface area contributed by atoms with Crippen LogP contribution >= 0.6 is 0 Å². The first-order valence-electron chi connectivity index (χ1n) is 51.7. The maximum atomic E-state index is 12.8. The molecule has 0 radical (unpaired) electrons. The lowest BCUT2D eigenvalue weighted by molar-refractivity contribution is -0.274. The number of ether oxygens (including phenoxy) is 2. The molecule has 6 aliphatic heterocycles. The third kappa shape index (κ3) is 23.9. The average molecular weight is 1910 g/mol. The minimum absolute atomic E-state index is 0.246. The van der Waals surface area contributed by atoms with Gasteiger partial charge in [-0.05, 0) is 209 Å². The molecule has 142 heavy (non-hydrogen) atoms. The molecule has 7 aromatic heterocycles. The number of methoxy groups -OCH3 is 1. The lowest BCUT2D eigenvalue weighted by atomic mass is 9.94. The number of aliphatic imine (C=N–C) groups is 6. The molecule has 0 unspecified atom stereocenters. The molecule has 6 saturated carbocycles. The Kier molecular flexibility index (Phi) is 31.8. The molecule has 25 heteroatoms. The first kappa shape index (κ1) is 96.8. The highest BCUT2D eigenvalue weighted by molar-refractivity contribution is 6.22. The van der Waals surface area contributed by atoms with Gasteiger partial charge in [0.2, 0.25) is 0 Å². The van der Waals surface area contributed by atoms with Crippen molar-refractivity contribution in [3.05, 3.63) is 330 Å². The minimum Gasteiger partial charge on any atom is -0.497 e. The van der Waals surface area contributed by atoms with Crippen molar-refractivity contribution in [2.75, 3.05) is 39.0 Å². The monoisotopic (exact) mass is 1900 g/mol. The van der Waals surface area contributed by atoms with Crippen LogP contribution in [0.4, 0.5) is 48.1 Å². The van der Waals surface area contributed by atoms with Crippen molar-refractivity contribution in [2.45, 2.75) is 288 Å². The van der Waals surface area contributed by atoms with Gasteiger partial charge in [0.15, 0.2) is 0 Å². The largest absolute Gasteiger partial charge is 0.573 e. The van der Waals surface area contributed by atoms with Gasteiger partial charge < -0.3 is 45.8 Å². The van der Waals surface area contributed by atoms with Gasteiger partial charge in [-0.2, -0.15) is 5.26 Å². The van der Waals surface area contributed by atoms with E-state index in [1.807, 2.05) is 91.6 Å². The second-order valence-electron chi connectivity index (χ2n) is 39.2. The van der Waals surface area contributed by atoms with Gasteiger partial charge in [0.1, 0.15) is 46.4 Å². The van der Waals surface area contributed by atoms with Crippen molar-refractivity contribution in [2.24, 2.45) is 30.0 Å². The first-order chi connectivity index (χ1) is 69.7. The summed E-state index contributed by atoms with van der Waals surface area (Å²) in [5, 5.41) is 31.0. The third-order valence-corrected chi connectivity index (χ3v) is 29.2. The summed E-state index contributed by atoms with van der Waals surface area (Å²) in [5.74, 6) is 6.25. The van der Waals surface area contributed by atoms with Crippen LogP contribution < -0.4 is 41.4 Å². The Morgan fingerprint density at radius 2 is 0.634 bits per heavy atom. The van der Waals surface area contributed by atoms with Gasteiger partial charge in [-0.3, -0.25) is 30.0 Å². The lowest BCUT2D eigenvalue weighted by Gasteiger charge is -2.24. The predicted octanol–water partition coefficient (Wildman–Crippen LogP) is 26.1. The molecule has 0 amide bonds. The number of halogens is 3. The summed E-state index contributed by atoms with van der Waals surface area (Å²) < 4.78 is 53.2. The van der Waals surface area contributed by atoms with Gasteiger partial charge in [-0.15, -0.1) is 13.2 Å². The number of hydrogen-bond acceptors (Lipinski definition) is 22. The van der Waals surface area contributed by atoms with Crippen LogP contribution in [0.25, 0.3) is 0 Å². The Bertz CT molecular complexity index is 6620. The fraction of sp³-hybridized carbons (Fsp3) is 0.393. The highest BCUT2D eigenvalue weighted by atomic mass is 19.4. The second-order valence-corrected chi connectivity index (χ2v) is 39.2. The van der Waals surface area contributed by atoms with E-state index in [4.69, 9.17) is 34.4 Å². The number of alkyl halides is 3. The smallest absolute Gasteiger partial charge is 0.497 e. The molecule has 6 N–H and O–H groups in total. The molecule has 6 fully saturated rings. The number of furan rings is 1. The van der Waals surface area contributed by atoms with Gasteiger partial charge in [0.25, 0.3) is 0 Å². The molecule has 5 aromatic carbocycles. The van der Waals surface area contributed by atoms with Gasteiger partial charge in [-0.25, -0.2) is 29.9 Å². The molecule has 730 valence electrons. The standard InChI is InChI=1S/C20H20F3N3O.C20H20N4.C20H23N3O.2C20H23N3.C17H19N3O/c21-20(22,23)27-16-9-5-4-8-15(16)18-17-13(12-25-18)10-11-24-19(17)26-14-6-2-1-3-7-14;21-12-14-5-4-6-15(11-14)19-18-16(13-23-19)9-10-22-20(18)24-17-7-2-1-3-8-17;1-24-17-9-5-6-14(12-17)19-18-15(13-22-19)10-11-21-20(18)23-16-7-3-2-4-8-16;1-14-6-5-7-15(12-14)19-18-16(13-22-19)10-11-21-20(18)23-17-8-3-2-4-9-17;1-14-7-9-15(10-8-14)19-18-16(13-22-19)11-12-21-20(18)23-17-5-3-2-4-6-17;1-2-4-14(5-3-1)20-17-15-12(6-8-18-17)10-19-16(15)13-7-9-21-11-13/h4-5,8-11,14H,1-3,6-7,12H2,(H,24,26);4-6,9-11,17H,1-3,7-8,13H2,(H,22,24);5-6,9-12,16H,2-4,7-8,13H2,1H3,(H,21,23);5-7,10-12,17H,2-4,8-9,13H2,1H3,(H,21,23);7-12,17H,2-6,13H2,1H3,(H,21,23);6-9,11,14H,1-5,10H2,(H,18,20). The summed E-state index contributed by atoms with van der Waals surface area (Å²) >= 11 is 0. The van der Waals surface area contributed by atoms with Crippen molar-refractivity contribution < 1.29 is 27.1 Å². The number of pyridine rings is 6. The zero-order valence-corrected chi connectivity index (χ0v) is 81.8. The van der Waals surface area contributed by atoms with Crippen LogP contribution in [0.1, 0.15) is 309 Å². The molecule has 12 aliphatic rings. The average Bonchev–Trinajstić information content (AvgIpc) is 1.62. The number of benzene rings is 5. The number of nitriles is 1. The van der Waals surface area contributed by atoms with Crippen LogP contribution in [-0.2, 0) is 39.3 Å². The van der Waals surface area contributed by atoms with Crippen LogP contribution in [0, 0.1) is 25.2 Å². The number of fused-ring (bicyclic) bond motifs is 6. The number of anilines is 6. The van der Waals surface area contributed by atoms with Crippen molar-refractivity contribution in [3.63, 3.8) is 0 Å². The van der Waals surface area contributed by atoms with Crippen molar-refractivity contribution in [1.29, 1.82) is 5.26 Å². The van der Waals surface area contributed by atoms with Gasteiger partial charge >= 0.3 is 6.36 Å². The zero-order chi connectivity index (χ0) is 96.9. The lowest BCUT2D eigenvalue weighted by Crippen LogP contribution is -2.24. The number of aryl methyl sites for hydroxylation is 2. The molecule has 12 aromatic rings. The van der Waals surface area contributed by atoms with Crippen LogP contribution in [0.3, 0.4) is 0 Å². The predicted molar refractivity (Wildman–Crippen MR) is 563 cm³/mol. The third-order valence-electron chi connectivity index (χ3n) is 29.2. The van der Waals surface area contributed by atoms with E-state index >= 15 is 0 Å². The maximum Gasteiger partial charge on any atom is 0.573 e. The van der Waals surface area contributed by atoms with Gasteiger partial charge in [0.05, 0.1) is 105 Å². The second kappa shape index (κ2) is 46.6. The van der Waals surface area contributed by atoms with Crippen LogP contribution in [0.15, 0.2) is 248 Å². The fourth-order valence-corrected chi connectivity index (χ4v) is 21.8. The molecule has 0 spiro atoms. The van der Waals surface area contributed by atoms with E-state index < -0.39 is 6.36 Å². The summed E-state index contributed by atoms with van der Waals surface area (Å²) in [6.07, 6.45) is 47.9. The van der Waals surface area contributed by atoms with Crippen molar-refractivity contribution >= 4 is 69.2 Å². The van der Waals surface area contributed by atoms with Gasteiger partial charge in [0, 0.05) is 140 Å². The van der Waals surface area contributed by atoms with E-state index in [1.165, 1.54) is 253 Å². The normalized spacial score (nSPS) is 17.6. The topological polar surface area (TPSA) is 279 Å². The quantitative estimate of drug-likeness (QED) is 0.0414. The Morgan fingerprint density at radius 1 is 0.317 bits per heavy atom. The van der Waals surface area contributed by atoms with E-state index in [-0.39, 0.29) is 5.75 Å². The van der Waals surface area contributed by atoms with Crippen LogP contribution in [-0.4, -0.2) is 114 Å². The number of hydrogen-bond donors (Lipinski definition) is 6. The molecule has 0 atom stereocenters. The Balaban J connectivity index is 0.000000108. The highest BCUT2D eigenvalue weighted by Gasteiger charge is 2.37. The molecule has 13 heterocycles. The fourth-order valence-electron chi connectivity index (χ4n) is 21.8. The molecule has 6 aliphatic carbocycles. The number of aromatic nitrogens is 6. The van der Waals surface area contributed by atoms with E-state index in [9.17, 15) is 13.2 Å². The van der Waals surface area contributed by atoms with E-state index in [0.717, 1.165) is 147 Å².